The molecule has 4 nitrogen and oxygen atoms in total. The molecule has 0 bridgehead atoms. The Kier molecular flexibility index (Phi) is 4.57. The Morgan fingerprint density at radius 2 is 2.18 bits per heavy atom. The fourth-order valence-corrected chi connectivity index (χ4v) is 1.71. The Balaban J connectivity index is 3.19. The molecule has 0 fully saturated rings. The Morgan fingerprint density at radius 1 is 1.53 bits per heavy atom. The molecular formula is C12H13BrO4. The van der Waals surface area contributed by atoms with Crippen molar-refractivity contribution in [3.05, 3.63) is 27.7 Å². The monoisotopic (exact) mass is 300 g/mol. The highest BCUT2D eigenvalue weighted by Gasteiger charge is 2.09. The van der Waals surface area contributed by atoms with E-state index in [0.29, 0.717) is 22.4 Å². The van der Waals surface area contributed by atoms with Crippen LogP contribution in [0.3, 0.4) is 0 Å². The molecule has 0 saturated carbocycles. The number of carboxylic acids is 1. The second-order valence-corrected chi connectivity index (χ2v) is 4.27. The normalized spacial score (nSPS) is 11.4. The van der Waals surface area contributed by atoms with Gasteiger partial charge in [0, 0.05) is 5.57 Å². The summed E-state index contributed by atoms with van der Waals surface area (Å²) >= 11 is 3.19. The SMILES string of the molecule is CCOc1cc(/C=C(\C)C(=O)O)cc(Br)c1O. The van der Waals surface area contributed by atoms with Crippen LogP contribution in [0.2, 0.25) is 0 Å². The van der Waals surface area contributed by atoms with Crippen molar-refractivity contribution in [2.75, 3.05) is 6.61 Å². The van der Waals surface area contributed by atoms with Crippen molar-refractivity contribution < 1.29 is 19.7 Å². The van der Waals surface area contributed by atoms with Crippen molar-refractivity contribution in [2.24, 2.45) is 0 Å². The van der Waals surface area contributed by atoms with Gasteiger partial charge >= 0.3 is 5.97 Å². The number of rotatable bonds is 4. The second kappa shape index (κ2) is 5.72. The van der Waals surface area contributed by atoms with E-state index in [4.69, 9.17) is 9.84 Å². The third-order valence-corrected chi connectivity index (χ3v) is 2.68. The molecule has 0 heterocycles. The first-order chi connectivity index (χ1) is 7.95. The molecule has 0 saturated heterocycles. The summed E-state index contributed by atoms with van der Waals surface area (Å²) in [7, 11) is 0. The smallest absolute Gasteiger partial charge is 0.331 e. The van der Waals surface area contributed by atoms with Crippen molar-refractivity contribution in [3.8, 4) is 11.5 Å². The zero-order valence-corrected chi connectivity index (χ0v) is 11.1. The number of carboxylic acid groups (broad SMARTS) is 1. The lowest BCUT2D eigenvalue weighted by Gasteiger charge is -2.08. The van der Waals surface area contributed by atoms with E-state index in [1.807, 2.05) is 0 Å². The fraction of sp³-hybridized carbons (Fsp3) is 0.250. The van der Waals surface area contributed by atoms with Crippen LogP contribution >= 0.6 is 15.9 Å². The number of phenols is 1. The Morgan fingerprint density at radius 3 is 2.71 bits per heavy atom. The van der Waals surface area contributed by atoms with E-state index in [2.05, 4.69) is 15.9 Å². The predicted molar refractivity (Wildman–Crippen MR) is 68.3 cm³/mol. The van der Waals surface area contributed by atoms with E-state index in [-0.39, 0.29) is 11.3 Å². The molecule has 92 valence electrons. The largest absolute Gasteiger partial charge is 0.503 e. The summed E-state index contributed by atoms with van der Waals surface area (Å²) in [5, 5.41) is 18.5. The third-order valence-electron chi connectivity index (χ3n) is 2.07. The Hall–Kier alpha value is -1.49. The Bertz CT molecular complexity index is 466. The molecule has 0 atom stereocenters. The summed E-state index contributed by atoms with van der Waals surface area (Å²) in [5.74, 6) is -0.643. The van der Waals surface area contributed by atoms with Gasteiger partial charge in [-0.25, -0.2) is 4.79 Å². The van der Waals surface area contributed by atoms with Crippen LogP contribution < -0.4 is 4.74 Å². The number of benzene rings is 1. The zero-order valence-electron chi connectivity index (χ0n) is 9.53. The lowest BCUT2D eigenvalue weighted by Crippen LogP contribution is -1.96. The van der Waals surface area contributed by atoms with Gasteiger partial charge in [-0.05, 0) is 53.5 Å². The topological polar surface area (TPSA) is 66.8 Å². The van der Waals surface area contributed by atoms with Crippen LogP contribution in [0.15, 0.2) is 22.2 Å². The van der Waals surface area contributed by atoms with Gasteiger partial charge in [-0.3, -0.25) is 0 Å². The average Bonchev–Trinajstić information content (AvgIpc) is 2.25. The molecule has 17 heavy (non-hydrogen) atoms. The van der Waals surface area contributed by atoms with Gasteiger partial charge in [0.25, 0.3) is 0 Å². The maximum Gasteiger partial charge on any atom is 0.331 e. The number of phenolic OH excluding ortho intramolecular Hbond substituents is 1. The molecule has 1 rings (SSSR count). The van der Waals surface area contributed by atoms with Crippen LogP contribution in [0.5, 0.6) is 11.5 Å². The molecule has 0 spiro atoms. The van der Waals surface area contributed by atoms with E-state index < -0.39 is 5.97 Å². The molecule has 2 N–H and O–H groups in total. The van der Waals surface area contributed by atoms with Crippen LogP contribution in [0.1, 0.15) is 19.4 Å². The lowest BCUT2D eigenvalue weighted by atomic mass is 10.1. The van der Waals surface area contributed by atoms with Gasteiger partial charge in [0.15, 0.2) is 11.5 Å². The van der Waals surface area contributed by atoms with Crippen molar-refractivity contribution in [3.63, 3.8) is 0 Å². The molecule has 5 heteroatoms. The number of halogens is 1. The highest BCUT2D eigenvalue weighted by atomic mass is 79.9. The second-order valence-electron chi connectivity index (χ2n) is 3.41. The highest BCUT2D eigenvalue weighted by Crippen LogP contribution is 2.36. The number of aromatic hydroxyl groups is 1. The van der Waals surface area contributed by atoms with E-state index in [0.717, 1.165) is 0 Å². The first kappa shape index (κ1) is 13.6. The summed E-state index contributed by atoms with van der Waals surface area (Å²) in [6, 6.07) is 3.22. The maximum absolute atomic E-state index is 10.7. The number of hydrogen-bond acceptors (Lipinski definition) is 3. The molecule has 0 amide bonds. The molecule has 1 aromatic carbocycles. The van der Waals surface area contributed by atoms with Crippen molar-refractivity contribution in [2.45, 2.75) is 13.8 Å². The maximum atomic E-state index is 10.7. The fourth-order valence-electron chi connectivity index (χ4n) is 1.25. The average molecular weight is 301 g/mol. The summed E-state index contributed by atoms with van der Waals surface area (Å²) in [6.07, 6.45) is 1.51. The first-order valence-electron chi connectivity index (χ1n) is 5.02. The summed E-state index contributed by atoms with van der Waals surface area (Å²) < 4.78 is 5.71. The Labute approximate surface area is 108 Å². The minimum absolute atomic E-state index is 0.0111. The van der Waals surface area contributed by atoms with Crippen LogP contribution in [0.4, 0.5) is 0 Å². The van der Waals surface area contributed by atoms with Gasteiger partial charge in [0.2, 0.25) is 0 Å². The number of ether oxygens (including phenoxy) is 1. The van der Waals surface area contributed by atoms with Gasteiger partial charge in [-0.1, -0.05) is 0 Å². The number of hydrogen-bond donors (Lipinski definition) is 2. The molecule has 0 aliphatic carbocycles. The molecule has 0 radical (unpaired) electrons. The minimum Gasteiger partial charge on any atom is -0.503 e. The number of aliphatic carboxylic acids is 1. The van der Waals surface area contributed by atoms with Crippen LogP contribution in [-0.2, 0) is 4.79 Å². The quantitative estimate of drug-likeness (QED) is 0.839. The van der Waals surface area contributed by atoms with E-state index in [1.165, 1.54) is 13.0 Å². The lowest BCUT2D eigenvalue weighted by molar-refractivity contribution is -0.132. The number of carbonyl (C=O) groups is 1. The molecule has 0 aromatic heterocycles. The van der Waals surface area contributed by atoms with Crippen molar-refractivity contribution >= 4 is 28.0 Å². The standard InChI is InChI=1S/C12H13BrO4/c1-3-17-10-6-8(4-7(2)12(15)16)5-9(13)11(10)14/h4-6,14H,3H2,1-2H3,(H,15,16)/b7-4+. The van der Waals surface area contributed by atoms with Crippen LogP contribution in [0.25, 0.3) is 6.08 Å². The summed E-state index contributed by atoms with van der Waals surface area (Å²) in [5.41, 5.74) is 0.864. The third kappa shape index (κ3) is 3.49. The zero-order chi connectivity index (χ0) is 13.0. The van der Waals surface area contributed by atoms with Crippen LogP contribution in [-0.4, -0.2) is 22.8 Å². The van der Waals surface area contributed by atoms with Crippen molar-refractivity contribution in [1.29, 1.82) is 0 Å². The molecule has 0 aliphatic rings. The highest BCUT2D eigenvalue weighted by molar-refractivity contribution is 9.10. The summed E-state index contributed by atoms with van der Waals surface area (Å²) in [4.78, 5) is 10.7. The minimum atomic E-state index is -0.979. The molecule has 0 unspecified atom stereocenters. The van der Waals surface area contributed by atoms with Crippen molar-refractivity contribution in [1.82, 2.24) is 0 Å². The van der Waals surface area contributed by atoms with Crippen LogP contribution in [0, 0.1) is 0 Å². The van der Waals surface area contributed by atoms with E-state index in [1.54, 1.807) is 19.1 Å². The molecule has 1 aromatic rings. The van der Waals surface area contributed by atoms with Gasteiger partial charge in [0.1, 0.15) is 0 Å². The van der Waals surface area contributed by atoms with Gasteiger partial charge < -0.3 is 14.9 Å². The van der Waals surface area contributed by atoms with Gasteiger partial charge in [0.05, 0.1) is 11.1 Å². The predicted octanol–water partition coefficient (Wildman–Crippen LogP) is 3.04. The first-order valence-corrected chi connectivity index (χ1v) is 5.82. The van der Waals surface area contributed by atoms with E-state index in [9.17, 15) is 9.90 Å². The van der Waals surface area contributed by atoms with Gasteiger partial charge in [-0.2, -0.15) is 0 Å². The molecule has 0 aliphatic heterocycles. The summed E-state index contributed by atoms with van der Waals surface area (Å²) in [6.45, 7) is 3.73. The molecular weight excluding hydrogens is 288 g/mol. The van der Waals surface area contributed by atoms with E-state index >= 15 is 0 Å². The van der Waals surface area contributed by atoms with Gasteiger partial charge in [-0.15, -0.1) is 0 Å².